The number of hydrogen-bond donors (Lipinski definition) is 1. The van der Waals surface area contributed by atoms with Gasteiger partial charge in [0.05, 0.1) is 0 Å². The number of hydroxylamine groups is 1. The van der Waals surface area contributed by atoms with Crippen LogP contribution in [0.25, 0.3) is 0 Å². The van der Waals surface area contributed by atoms with E-state index >= 15 is 0 Å². The predicted octanol–water partition coefficient (Wildman–Crippen LogP) is 2.01. The number of hydrogen-bond acceptors (Lipinski definition) is 3. The van der Waals surface area contributed by atoms with Crippen LogP contribution in [0, 0.1) is 0 Å². The number of alkyl halides is 1. The summed E-state index contributed by atoms with van der Waals surface area (Å²) in [5, 5.41) is 0. The fourth-order valence-electron chi connectivity index (χ4n) is 1.98. The maximum atomic E-state index is 11.8. The minimum Gasteiger partial charge on any atom is -0.286 e. The molecule has 0 aromatic heterocycles. The third kappa shape index (κ3) is 2.66. The molecule has 1 fully saturated rings. The van der Waals surface area contributed by atoms with Crippen molar-refractivity contribution in [2.24, 2.45) is 0 Å². The van der Waals surface area contributed by atoms with Gasteiger partial charge in [0, 0.05) is 12.1 Å². The maximum Gasteiger partial charge on any atom is 0.274 e. The molecule has 18 heavy (non-hydrogen) atoms. The Balaban J connectivity index is 1.91. The van der Waals surface area contributed by atoms with Crippen molar-refractivity contribution in [2.45, 2.75) is 24.4 Å². The van der Waals surface area contributed by atoms with Crippen molar-refractivity contribution in [3.63, 3.8) is 0 Å². The fourth-order valence-corrected chi connectivity index (χ4v) is 2.22. The van der Waals surface area contributed by atoms with Crippen LogP contribution in [0.4, 0.5) is 0 Å². The number of halogens is 1. The zero-order chi connectivity index (χ0) is 13.2. The lowest BCUT2D eigenvalue weighted by Gasteiger charge is -2.29. The summed E-state index contributed by atoms with van der Waals surface area (Å²) < 4.78 is 0. The number of nitrogens with one attached hydrogen (secondary N) is 1. The number of rotatable bonds is 3. The van der Waals surface area contributed by atoms with Gasteiger partial charge < -0.3 is 0 Å². The van der Waals surface area contributed by atoms with Crippen LogP contribution >= 0.6 is 11.6 Å². The SMILES string of the molecule is CN1CC[C@H](ONC(=O)c2ccccc2)[C@]1(C)Cl. The molecule has 1 aromatic carbocycles. The molecule has 1 aromatic rings. The van der Waals surface area contributed by atoms with E-state index in [1.165, 1.54) is 0 Å². The molecule has 0 saturated carbocycles. The normalized spacial score (nSPS) is 28.3. The van der Waals surface area contributed by atoms with Crippen molar-refractivity contribution in [3.05, 3.63) is 35.9 Å². The molecule has 1 heterocycles. The molecular formula is C13H17ClN2O2. The van der Waals surface area contributed by atoms with Crippen LogP contribution in [0.3, 0.4) is 0 Å². The van der Waals surface area contributed by atoms with Gasteiger partial charge in [-0.05, 0) is 32.5 Å². The smallest absolute Gasteiger partial charge is 0.274 e. The van der Waals surface area contributed by atoms with Gasteiger partial charge in [0.2, 0.25) is 0 Å². The quantitative estimate of drug-likeness (QED) is 0.518. The lowest BCUT2D eigenvalue weighted by atomic mass is 10.2. The number of likely N-dealkylation sites (N-methyl/N-ethyl adjacent to an activating group) is 1. The highest BCUT2D eigenvalue weighted by Crippen LogP contribution is 2.33. The highest BCUT2D eigenvalue weighted by molar-refractivity contribution is 6.24. The molecule has 0 aliphatic carbocycles. The lowest BCUT2D eigenvalue weighted by Crippen LogP contribution is -2.44. The minimum absolute atomic E-state index is 0.211. The zero-order valence-electron chi connectivity index (χ0n) is 10.5. The predicted molar refractivity (Wildman–Crippen MR) is 70.3 cm³/mol. The summed E-state index contributed by atoms with van der Waals surface area (Å²) in [4.78, 5) is 18.7. The van der Waals surface area contributed by atoms with Gasteiger partial charge in [0.1, 0.15) is 11.1 Å². The van der Waals surface area contributed by atoms with E-state index < -0.39 is 5.00 Å². The molecule has 1 amide bonds. The van der Waals surface area contributed by atoms with Crippen LogP contribution in [0.15, 0.2) is 30.3 Å². The van der Waals surface area contributed by atoms with Gasteiger partial charge in [0.25, 0.3) is 5.91 Å². The summed E-state index contributed by atoms with van der Waals surface area (Å²) >= 11 is 6.36. The Morgan fingerprint density at radius 3 is 2.72 bits per heavy atom. The summed E-state index contributed by atoms with van der Waals surface area (Å²) in [5.41, 5.74) is 3.04. The van der Waals surface area contributed by atoms with Crippen LogP contribution in [0.1, 0.15) is 23.7 Å². The number of carbonyl (C=O) groups is 1. The van der Waals surface area contributed by atoms with E-state index in [0.29, 0.717) is 5.56 Å². The van der Waals surface area contributed by atoms with E-state index in [2.05, 4.69) is 5.48 Å². The molecule has 0 unspecified atom stereocenters. The topological polar surface area (TPSA) is 41.6 Å². The zero-order valence-corrected chi connectivity index (χ0v) is 11.3. The lowest BCUT2D eigenvalue weighted by molar-refractivity contribution is -0.0351. The van der Waals surface area contributed by atoms with Gasteiger partial charge in [-0.3, -0.25) is 14.5 Å². The second kappa shape index (κ2) is 5.26. The van der Waals surface area contributed by atoms with Gasteiger partial charge in [0.15, 0.2) is 0 Å². The Morgan fingerprint density at radius 2 is 2.17 bits per heavy atom. The molecule has 2 rings (SSSR count). The number of carbonyl (C=O) groups excluding carboxylic acids is 1. The maximum absolute atomic E-state index is 11.8. The van der Waals surface area contributed by atoms with E-state index in [1.54, 1.807) is 12.1 Å². The van der Waals surface area contributed by atoms with E-state index in [0.717, 1.165) is 13.0 Å². The molecule has 1 aliphatic heterocycles. The van der Waals surface area contributed by atoms with Crippen molar-refractivity contribution in [3.8, 4) is 0 Å². The van der Waals surface area contributed by atoms with E-state index in [4.69, 9.17) is 16.4 Å². The van der Waals surface area contributed by atoms with Crippen molar-refractivity contribution in [1.29, 1.82) is 0 Å². The second-order valence-corrected chi connectivity index (χ2v) is 5.40. The Morgan fingerprint density at radius 1 is 1.50 bits per heavy atom. The first-order chi connectivity index (χ1) is 8.51. The summed E-state index contributed by atoms with van der Waals surface area (Å²) in [6, 6.07) is 8.95. The fraction of sp³-hybridized carbons (Fsp3) is 0.462. The molecule has 98 valence electrons. The van der Waals surface area contributed by atoms with Gasteiger partial charge in [-0.1, -0.05) is 29.8 Å². The summed E-state index contributed by atoms with van der Waals surface area (Å²) in [5.74, 6) is -0.252. The van der Waals surface area contributed by atoms with Crippen molar-refractivity contribution < 1.29 is 9.63 Å². The molecule has 0 spiro atoms. The highest BCUT2D eigenvalue weighted by Gasteiger charge is 2.43. The van der Waals surface area contributed by atoms with Gasteiger partial charge in [-0.25, -0.2) is 5.48 Å². The Kier molecular flexibility index (Phi) is 3.90. The average molecular weight is 269 g/mol. The van der Waals surface area contributed by atoms with Crippen LogP contribution in [-0.2, 0) is 4.84 Å². The molecule has 1 saturated heterocycles. The van der Waals surface area contributed by atoms with Crippen molar-refractivity contribution in [2.75, 3.05) is 13.6 Å². The first-order valence-electron chi connectivity index (χ1n) is 5.93. The molecule has 0 radical (unpaired) electrons. The van der Waals surface area contributed by atoms with Crippen LogP contribution in [0.5, 0.6) is 0 Å². The number of nitrogens with zero attached hydrogens (tertiary/aromatic N) is 1. The van der Waals surface area contributed by atoms with Gasteiger partial charge in [-0.15, -0.1) is 0 Å². The number of benzene rings is 1. The Hall–Kier alpha value is -1.10. The van der Waals surface area contributed by atoms with Crippen LogP contribution in [0.2, 0.25) is 0 Å². The van der Waals surface area contributed by atoms with Crippen LogP contribution in [-0.4, -0.2) is 35.5 Å². The average Bonchev–Trinajstić information content (AvgIpc) is 2.63. The van der Waals surface area contributed by atoms with E-state index in [1.807, 2.05) is 37.1 Å². The first kappa shape index (κ1) is 13.3. The van der Waals surface area contributed by atoms with Crippen LogP contribution < -0.4 is 5.48 Å². The minimum atomic E-state index is -0.579. The molecule has 5 heteroatoms. The monoisotopic (exact) mass is 268 g/mol. The first-order valence-corrected chi connectivity index (χ1v) is 6.31. The molecule has 1 aliphatic rings. The Labute approximate surface area is 112 Å². The second-order valence-electron chi connectivity index (χ2n) is 4.64. The van der Waals surface area contributed by atoms with Gasteiger partial charge >= 0.3 is 0 Å². The van der Waals surface area contributed by atoms with Crippen molar-refractivity contribution >= 4 is 17.5 Å². The van der Waals surface area contributed by atoms with E-state index in [9.17, 15) is 4.79 Å². The number of amides is 1. The molecule has 0 bridgehead atoms. The number of likely N-dealkylation sites (tertiary alicyclic amines) is 1. The van der Waals surface area contributed by atoms with Crippen molar-refractivity contribution in [1.82, 2.24) is 10.4 Å². The van der Waals surface area contributed by atoms with E-state index in [-0.39, 0.29) is 12.0 Å². The summed E-state index contributed by atoms with van der Waals surface area (Å²) in [7, 11) is 1.94. The third-order valence-electron chi connectivity index (χ3n) is 3.39. The molecule has 4 nitrogen and oxygen atoms in total. The molecule has 1 N–H and O–H groups in total. The highest BCUT2D eigenvalue weighted by atomic mass is 35.5. The molecular weight excluding hydrogens is 252 g/mol. The summed E-state index contributed by atoms with van der Waals surface area (Å²) in [6.45, 7) is 2.74. The molecule has 2 atom stereocenters. The Bertz CT molecular complexity index is 422. The largest absolute Gasteiger partial charge is 0.286 e. The third-order valence-corrected chi connectivity index (χ3v) is 3.92. The summed E-state index contributed by atoms with van der Waals surface area (Å²) in [6.07, 6.45) is 0.586. The standard InChI is InChI=1S/C13H17ClN2O2/c1-13(14)11(8-9-16(13)2)18-15-12(17)10-6-4-3-5-7-10/h3-7,11H,8-9H2,1-2H3,(H,15,17)/t11-,13+/m0/s1. The van der Waals surface area contributed by atoms with Gasteiger partial charge in [-0.2, -0.15) is 0 Å².